The Morgan fingerprint density at radius 2 is 2.15 bits per heavy atom. The summed E-state index contributed by atoms with van der Waals surface area (Å²) in [6.45, 7) is 7.11. The lowest BCUT2D eigenvalue weighted by Gasteiger charge is -2.13. The summed E-state index contributed by atoms with van der Waals surface area (Å²) in [7, 11) is 0. The summed E-state index contributed by atoms with van der Waals surface area (Å²) < 4.78 is 3.11. The summed E-state index contributed by atoms with van der Waals surface area (Å²) in [5, 5.41) is 4.60. The van der Waals surface area contributed by atoms with Gasteiger partial charge in [-0.25, -0.2) is 0 Å². The fourth-order valence-electron chi connectivity index (χ4n) is 2.29. The van der Waals surface area contributed by atoms with E-state index in [2.05, 4.69) is 46.8 Å². The Morgan fingerprint density at radius 3 is 2.75 bits per heavy atom. The molecule has 2 heterocycles. The van der Waals surface area contributed by atoms with Gasteiger partial charge in [0, 0.05) is 19.2 Å². The first-order chi connectivity index (χ1) is 9.56. The minimum atomic E-state index is -0.113. The van der Waals surface area contributed by atoms with Crippen LogP contribution in [-0.2, 0) is 19.4 Å². The molecule has 0 bridgehead atoms. The molecule has 0 amide bonds. The van der Waals surface area contributed by atoms with Gasteiger partial charge in [0.1, 0.15) is 0 Å². The highest BCUT2D eigenvalue weighted by atomic mass is 79.9. The number of aromatic nitrogens is 3. The molecule has 2 aromatic heterocycles. The van der Waals surface area contributed by atoms with Crippen LogP contribution in [0.4, 0.5) is 0 Å². The smallest absolute Gasteiger partial charge is 0.0766 e. The molecule has 0 fully saturated rings. The van der Waals surface area contributed by atoms with Gasteiger partial charge in [0.2, 0.25) is 0 Å². The largest absolute Gasteiger partial charge is 0.322 e. The van der Waals surface area contributed by atoms with Gasteiger partial charge in [0.05, 0.1) is 27.6 Å². The normalized spacial score (nSPS) is 12.7. The van der Waals surface area contributed by atoms with Crippen molar-refractivity contribution in [2.45, 2.75) is 46.2 Å². The zero-order chi connectivity index (χ0) is 14.7. The highest BCUT2D eigenvalue weighted by Crippen LogP contribution is 2.26. The van der Waals surface area contributed by atoms with Crippen LogP contribution < -0.4 is 5.73 Å². The third-order valence-electron chi connectivity index (χ3n) is 3.42. The lowest BCUT2D eigenvalue weighted by Crippen LogP contribution is -2.17. The molecule has 2 aromatic rings. The molecule has 0 aliphatic rings. The summed E-state index contributed by atoms with van der Waals surface area (Å²) in [6, 6.07) is 3.92. The monoisotopic (exact) mass is 336 g/mol. The summed E-state index contributed by atoms with van der Waals surface area (Å²) in [5.74, 6) is 0. The molecule has 2 N–H and O–H groups in total. The average Bonchev–Trinajstić information content (AvgIpc) is 2.75. The van der Waals surface area contributed by atoms with Gasteiger partial charge in [-0.2, -0.15) is 5.10 Å². The quantitative estimate of drug-likeness (QED) is 0.912. The second-order valence-corrected chi connectivity index (χ2v) is 5.74. The van der Waals surface area contributed by atoms with Crippen molar-refractivity contribution < 1.29 is 0 Å². The van der Waals surface area contributed by atoms with Gasteiger partial charge in [-0.1, -0.05) is 6.92 Å². The van der Waals surface area contributed by atoms with E-state index in [-0.39, 0.29) is 6.04 Å². The lowest BCUT2D eigenvalue weighted by molar-refractivity contribution is 0.579. The van der Waals surface area contributed by atoms with Gasteiger partial charge in [-0.15, -0.1) is 0 Å². The summed E-state index contributed by atoms with van der Waals surface area (Å²) in [5.41, 5.74) is 10.7. The number of rotatable bonds is 5. The molecule has 2 rings (SSSR count). The van der Waals surface area contributed by atoms with Gasteiger partial charge >= 0.3 is 0 Å². The Kier molecular flexibility index (Phi) is 4.94. The molecule has 0 aromatic carbocycles. The zero-order valence-corrected chi connectivity index (χ0v) is 13.8. The van der Waals surface area contributed by atoms with Crippen LogP contribution in [0.2, 0.25) is 0 Å². The van der Waals surface area contributed by atoms with Crippen molar-refractivity contribution in [3.05, 3.63) is 45.4 Å². The van der Waals surface area contributed by atoms with Crippen LogP contribution in [-0.4, -0.2) is 14.8 Å². The second kappa shape index (κ2) is 6.50. The van der Waals surface area contributed by atoms with Crippen LogP contribution in [0.25, 0.3) is 0 Å². The van der Waals surface area contributed by atoms with E-state index >= 15 is 0 Å². The van der Waals surface area contributed by atoms with E-state index in [0.717, 1.165) is 40.9 Å². The van der Waals surface area contributed by atoms with Crippen LogP contribution in [0, 0.1) is 6.92 Å². The van der Waals surface area contributed by atoms with Crippen LogP contribution in [0.1, 0.15) is 42.5 Å². The minimum absolute atomic E-state index is 0.113. The van der Waals surface area contributed by atoms with Gasteiger partial charge in [-0.3, -0.25) is 9.67 Å². The number of halogens is 1. The third kappa shape index (κ3) is 3.10. The van der Waals surface area contributed by atoms with Crippen LogP contribution in [0.15, 0.2) is 22.8 Å². The topological polar surface area (TPSA) is 56.7 Å². The number of pyridine rings is 1. The van der Waals surface area contributed by atoms with Crippen molar-refractivity contribution in [3.63, 3.8) is 0 Å². The predicted octanol–water partition coefficient (Wildman–Crippen LogP) is 3.17. The summed E-state index contributed by atoms with van der Waals surface area (Å²) in [4.78, 5) is 4.38. The molecule has 20 heavy (non-hydrogen) atoms. The number of hydrogen-bond donors (Lipinski definition) is 1. The number of hydrogen-bond acceptors (Lipinski definition) is 3. The predicted molar refractivity (Wildman–Crippen MR) is 84.6 cm³/mol. The second-order valence-electron chi connectivity index (χ2n) is 4.95. The van der Waals surface area contributed by atoms with Crippen LogP contribution in [0.3, 0.4) is 0 Å². The van der Waals surface area contributed by atoms with E-state index in [1.165, 1.54) is 5.56 Å². The summed E-state index contributed by atoms with van der Waals surface area (Å²) in [6.07, 6.45) is 3.46. The molecular weight excluding hydrogens is 316 g/mol. The van der Waals surface area contributed by atoms with Gasteiger partial charge < -0.3 is 5.73 Å². The Morgan fingerprint density at radius 1 is 1.40 bits per heavy atom. The van der Waals surface area contributed by atoms with Crippen molar-refractivity contribution in [3.8, 4) is 0 Å². The van der Waals surface area contributed by atoms with Gasteiger partial charge in [0.15, 0.2) is 0 Å². The van der Waals surface area contributed by atoms with Crippen molar-refractivity contribution in [2.24, 2.45) is 5.73 Å². The first kappa shape index (κ1) is 15.2. The Hall–Kier alpha value is -1.20. The SMILES string of the molecule is CCc1nn(CC)c(CC(N)c2cc(C)ccn2)c1Br. The maximum Gasteiger partial charge on any atom is 0.0766 e. The van der Waals surface area contributed by atoms with Crippen molar-refractivity contribution in [1.82, 2.24) is 14.8 Å². The van der Waals surface area contributed by atoms with Crippen molar-refractivity contribution in [1.29, 1.82) is 0 Å². The molecule has 0 radical (unpaired) electrons. The minimum Gasteiger partial charge on any atom is -0.322 e. The number of nitrogens with two attached hydrogens (primary N) is 1. The maximum absolute atomic E-state index is 6.31. The number of nitrogens with zero attached hydrogens (tertiary/aromatic N) is 3. The Bertz CT molecular complexity index is 592. The molecule has 0 aliphatic carbocycles. The highest BCUT2D eigenvalue weighted by molar-refractivity contribution is 9.10. The third-order valence-corrected chi connectivity index (χ3v) is 4.34. The molecule has 0 aliphatic heterocycles. The fourth-order valence-corrected chi connectivity index (χ4v) is 3.01. The molecule has 4 nitrogen and oxygen atoms in total. The van der Waals surface area contributed by atoms with Crippen molar-refractivity contribution in [2.75, 3.05) is 0 Å². The first-order valence-electron chi connectivity index (χ1n) is 6.99. The van der Waals surface area contributed by atoms with Crippen LogP contribution in [0.5, 0.6) is 0 Å². The molecule has 0 spiro atoms. The Balaban J connectivity index is 2.27. The van der Waals surface area contributed by atoms with E-state index in [1.54, 1.807) is 0 Å². The fraction of sp³-hybridized carbons (Fsp3) is 0.467. The molecule has 1 atom stereocenters. The van der Waals surface area contributed by atoms with E-state index in [4.69, 9.17) is 5.73 Å². The van der Waals surface area contributed by atoms with Gasteiger partial charge in [0.25, 0.3) is 0 Å². The summed E-state index contributed by atoms with van der Waals surface area (Å²) >= 11 is 3.66. The highest BCUT2D eigenvalue weighted by Gasteiger charge is 2.18. The lowest BCUT2D eigenvalue weighted by atomic mass is 10.1. The average molecular weight is 337 g/mol. The van der Waals surface area contributed by atoms with E-state index in [0.29, 0.717) is 0 Å². The molecule has 108 valence electrons. The van der Waals surface area contributed by atoms with Crippen LogP contribution >= 0.6 is 15.9 Å². The van der Waals surface area contributed by atoms with E-state index < -0.39 is 0 Å². The molecule has 0 saturated heterocycles. The molecular formula is C15H21BrN4. The van der Waals surface area contributed by atoms with Gasteiger partial charge in [-0.05, 0) is 53.9 Å². The number of aryl methyl sites for hydroxylation is 3. The van der Waals surface area contributed by atoms with Crippen molar-refractivity contribution >= 4 is 15.9 Å². The molecule has 0 saturated carbocycles. The Labute approximate surface area is 128 Å². The molecule has 1 unspecified atom stereocenters. The first-order valence-corrected chi connectivity index (χ1v) is 7.78. The molecule has 5 heteroatoms. The van der Waals surface area contributed by atoms with E-state index in [1.807, 2.05) is 23.0 Å². The van der Waals surface area contributed by atoms with E-state index in [9.17, 15) is 0 Å². The maximum atomic E-state index is 6.31. The standard InChI is InChI=1S/C15H21BrN4/c1-4-12-15(16)14(20(5-2)19-12)9-11(17)13-8-10(3)6-7-18-13/h6-8,11H,4-5,9,17H2,1-3H3. The zero-order valence-electron chi connectivity index (χ0n) is 12.2.